The normalized spacial score (nSPS) is 14.7. The lowest BCUT2D eigenvalue weighted by molar-refractivity contribution is -0.870. The number of likely N-dealkylation sites (N-methyl/N-ethyl adjacent to an activating group) is 1. The van der Waals surface area contributed by atoms with Crippen LogP contribution in [0.4, 0.5) is 0 Å². The molecule has 0 aromatic heterocycles. The number of rotatable bonds is 38. The summed E-state index contributed by atoms with van der Waals surface area (Å²) in [6.07, 6.45) is 39.3. The van der Waals surface area contributed by atoms with E-state index >= 15 is 0 Å². The topological polar surface area (TPSA) is 108 Å². The van der Waals surface area contributed by atoms with Crippen LogP contribution in [0.1, 0.15) is 187 Å². The molecule has 302 valence electrons. The third-order valence-electron chi connectivity index (χ3n) is 9.41. The van der Waals surface area contributed by atoms with Crippen LogP contribution in [0.5, 0.6) is 0 Å². The van der Waals surface area contributed by atoms with Gasteiger partial charge in [0.15, 0.2) is 0 Å². The number of hydrogen-bond donors (Lipinski definition) is 2. The van der Waals surface area contributed by atoms with Gasteiger partial charge in [0.05, 0.1) is 39.9 Å². The highest BCUT2D eigenvalue weighted by molar-refractivity contribution is 7.45. The molecule has 0 bridgehead atoms. The highest BCUT2D eigenvalue weighted by atomic mass is 31.2. The zero-order valence-electron chi connectivity index (χ0n) is 34.1. The van der Waals surface area contributed by atoms with Gasteiger partial charge in [-0.25, -0.2) is 0 Å². The van der Waals surface area contributed by atoms with Crippen molar-refractivity contribution >= 4 is 13.7 Å². The van der Waals surface area contributed by atoms with Crippen LogP contribution in [0, 0.1) is 0 Å². The quantitative estimate of drug-likeness (QED) is 0.0282. The van der Waals surface area contributed by atoms with Crippen LogP contribution in [-0.4, -0.2) is 68.5 Å². The Labute approximate surface area is 315 Å². The van der Waals surface area contributed by atoms with E-state index in [1.165, 1.54) is 116 Å². The maximum atomic E-state index is 12.8. The summed E-state index contributed by atoms with van der Waals surface area (Å²) >= 11 is 0. The van der Waals surface area contributed by atoms with Crippen LogP contribution < -0.4 is 10.2 Å². The smallest absolute Gasteiger partial charge is 0.268 e. The molecule has 8 nitrogen and oxygen atoms in total. The van der Waals surface area contributed by atoms with Crippen LogP contribution in [0.15, 0.2) is 24.3 Å². The monoisotopic (exact) mass is 743 g/mol. The number of aliphatic hydroxyl groups is 1. The van der Waals surface area contributed by atoms with Crippen molar-refractivity contribution < 1.29 is 32.9 Å². The van der Waals surface area contributed by atoms with Crippen molar-refractivity contribution in [2.45, 2.75) is 199 Å². The van der Waals surface area contributed by atoms with Crippen LogP contribution in [0.3, 0.4) is 0 Å². The van der Waals surface area contributed by atoms with E-state index in [4.69, 9.17) is 9.05 Å². The highest BCUT2D eigenvalue weighted by Gasteiger charge is 2.23. The van der Waals surface area contributed by atoms with E-state index in [-0.39, 0.29) is 19.1 Å². The van der Waals surface area contributed by atoms with E-state index in [1.54, 1.807) is 6.08 Å². The molecule has 0 heterocycles. The molecule has 0 aromatic rings. The predicted molar refractivity (Wildman–Crippen MR) is 215 cm³/mol. The van der Waals surface area contributed by atoms with E-state index < -0.39 is 20.0 Å². The summed E-state index contributed by atoms with van der Waals surface area (Å²) < 4.78 is 23.1. The Kier molecular flexibility index (Phi) is 34.0. The molecule has 0 aliphatic carbocycles. The molecule has 0 fully saturated rings. The van der Waals surface area contributed by atoms with Crippen molar-refractivity contribution in [3.05, 3.63) is 24.3 Å². The van der Waals surface area contributed by atoms with Crippen LogP contribution in [0.2, 0.25) is 0 Å². The number of nitrogens with zero attached hydrogens (tertiary/aromatic N) is 1. The number of aliphatic hydroxyl groups excluding tert-OH is 1. The van der Waals surface area contributed by atoms with Gasteiger partial charge in [-0.2, -0.15) is 0 Å². The third kappa shape index (κ3) is 37.1. The van der Waals surface area contributed by atoms with E-state index in [9.17, 15) is 19.4 Å². The minimum Gasteiger partial charge on any atom is -0.756 e. The number of carbonyl (C=O) groups excluding carboxylic acids is 1. The van der Waals surface area contributed by atoms with Crippen molar-refractivity contribution in [3.63, 3.8) is 0 Å². The third-order valence-corrected chi connectivity index (χ3v) is 10.4. The Bertz CT molecular complexity index is 891. The second-order valence-corrected chi connectivity index (χ2v) is 17.1. The molecule has 3 unspecified atom stereocenters. The minimum atomic E-state index is -4.58. The number of allylic oxidation sites excluding steroid dienone is 3. The number of amides is 1. The molecule has 0 rings (SSSR count). The number of carbonyl (C=O) groups is 1. The fourth-order valence-electron chi connectivity index (χ4n) is 5.97. The number of unbranched alkanes of at least 4 members (excludes halogenated alkanes) is 23. The van der Waals surface area contributed by atoms with Gasteiger partial charge in [0, 0.05) is 6.42 Å². The number of phosphoric ester groups is 1. The van der Waals surface area contributed by atoms with Gasteiger partial charge in [0.2, 0.25) is 5.91 Å². The van der Waals surface area contributed by atoms with Gasteiger partial charge >= 0.3 is 0 Å². The maximum absolute atomic E-state index is 12.8. The fraction of sp³-hybridized carbons (Fsp3) is 0.881. The molecule has 51 heavy (non-hydrogen) atoms. The van der Waals surface area contributed by atoms with Gasteiger partial charge in [-0.05, 0) is 44.9 Å². The lowest BCUT2D eigenvalue weighted by atomic mass is 10.0. The molecule has 1 amide bonds. The Hall–Kier alpha value is -1.02. The Morgan fingerprint density at radius 1 is 0.667 bits per heavy atom. The van der Waals surface area contributed by atoms with E-state index in [2.05, 4.69) is 31.3 Å². The van der Waals surface area contributed by atoms with Crippen molar-refractivity contribution in [3.8, 4) is 0 Å². The predicted octanol–water partition coefficient (Wildman–Crippen LogP) is 10.7. The molecular weight excluding hydrogens is 659 g/mol. The van der Waals surface area contributed by atoms with Crippen molar-refractivity contribution in [1.29, 1.82) is 0 Å². The first-order chi connectivity index (χ1) is 24.5. The average molecular weight is 743 g/mol. The highest BCUT2D eigenvalue weighted by Crippen LogP contribution is 2.38. The van der Waals surface area contributed by atoms with Gasteiger partial charge in [0.25, 0.3) is 7.82 Å². The van der Waals surface area contributed by atoms with E-state index in [1.807, 2.05) is 27.2 Å². The lowest BCUT2D eigenvalue weighted by Gasteiger charge is -2.29. The van der Waals surface area contributed by atoms with Crippen molar-refractivity contribution in [2.24, 2.45) is 0 Å². The summed E-state index contributed by atoms with van der Waals surface area (Å²) in [4.78, 5) is 25.2. The lowest BCUT2D eigenvalue weighted by Crippen LogP contribution is -2.45. The van der Waals surface area contributed by atoms with Crippen molar-refractivity contribution in [2.75, 3.05) is 40.9 Å². The molecular formula is C42H83N2O6P. The minimum absolute atomic E-state index is 0.00170. The van der Waals surface area contributed by atoms with Gasteiger partial charge in [-0.15, -0.1) is 0 Å². The molecule has 9 heteroatoms. The molecule has 3 atom stereocenters. The first-order valence-electron chi connectivity index (χ1n) is 21.2. The molecule has 0 spiro atoms. The largest absolute Gasteiger partial charge is 0.756 e. The van der Waals surface area contributed by atoms with E-state index in [0.717, 1.165) is 51.4 Å². The summed E-state index contributed by atoms with van der Waals surface area (Å²) in [6.45, 7) is 4.62. The molecule has 0 saturated carbocycles. The van der Waals surface area contributed by atoms with Gasteiger partial charge in [0.1, 0.15) is 13.2 Å². The number of nitrogens with one attached hydrogen (secondary N) is 1. The molecule has 0 saturated heterocycles. The Morgan fingerprint density at radius 3 is 1.53 bits per heavy atom. The van der Waals surface area contributed by atoms with Gasteiger partial charge < -0.3 is 28.8 Å². The zero-order chi connectivity index (χ0) is 37.9. The summed E-state index contributed by atoms with van der Waals surface area (Å²) in [5.74, 6) is -0.207. The summed E-state index contributed by atoms with van der Waals surface area (Å²) in [6, 6.07) is -0.886. The molecule has 0 aromatic carbocycles. The van der Waals surface area contributed by atoms with Gasteiger partial charge in [-0.1, -0.05) is 160 Å². The number of phosphoric acid groups is 1. The SMILES string of the molecule is CCCCCCCC/C=C\CCCCCCCC(=O)NC(COP(=O)([O-])OCC[N+](C)(C)C)C(O)/C=C/CCCCCCCCCCCCCC. The first-order valence-corrected chi connectivity index (χ1v) is 22.7. The summed E-state index contributed by atoms with van der Waals surface area (Å²) in [5.41, 5.74) is 0. The number of hydrogen-bond acceptors (Lipinski definition) is 6. The average Bonchev–Trinajstić information content (AvgIpc) is 3.07. The van der Waals surface area contributed by atoms with Crippen molar-refractivity contribution in [1.82, 2.24) is 5.32 Å². The van der Waals surface area contributed by atoms with Gasteiger partial charge in [-0.3, -0.25) is 9.36 Å². The summed E-state index contributed by atoms with van der Waals surface area (Å²) in [7, 11) is 1.26. The molecule has 0 aliphatic rings. The zero-order valence-corrected chi connectivity index (χ0v) is 35.0. The molecule has 0 aliphatic heterocycles. The van der Waals surface area contributed by atoms with Crippen LogP contribution in [0.25, 0.3) is 0 Å². The first kappa shape index (κ1) is 50.0. The maximum Gasteiger partial charge on any atom is 0.268 e. The standard InChI is InChI=1S/C42H83N2O6P/c1-6-8-10-12-14-16-18-20-22-24-26-28-30-32-34-36-42(46)43-40(39-50-51(47,48)49-38-37-44(3,4)5)41(45)35-33-31-29-27-25-23-21-19-17-15-13-11-9-7-2/h20,22,33,35,40-41,45H,6-19,21,23-32,34,36-39H2,1-5H3,(H-,43,46,47,48)/b22-20-,35-33+. The number of quaternary nitrogens is 1. The Balaban J connectivity index is 4.48. The second kappa shape index (κ2) is 34.7. The Morgan fingerprint density at radius 2 is 1.08 bits per heavy atom. The molecule has 0 radical (unpaired) electrons. The second-order valence-electron chi connectivity index (χ2n) is 15.7. The van der Waals surface area contributed by atoms with E-state index in [0.29, 0.717) is 17.4 Å². The fourth-order valence-corrected chi connectivity index (χ4v) is 6.69. The summed E-state index contributed by atoms with van der Waals surface area (Å²) in [5, 5.41) is 13.7. The van der Waals surface area contributed by atoms with Crippen LogP contribution >= 0.6 is 7.82 Å². The molecule has 2 N–H and O–H groups in total. The van der Waals surface area contributed by atoms with Crippen LogP contribution in [-0.2, 0) is 18.4 Å².